The molecule has 0 spiro atoms. The van der Waals surface area contributed by atoms with Gasteiger partial charge in [-0.2, -0.15) is 0 Å². The third kappa shape index (κ3) is 4.98. The third-order valence-corrected chi connectivity index (χ3v) is 4.12. The minimum Gasteiger partial charge on any atom is -0.404 e. The van der Waals surface area contributed by atoms with Gasteiger partial charge in [-0.15, -0.1) is 5.10 Å². The summed E-state index contributed by atoms with van der Waals surface area (Å²) in [5.41, 5.74) is 1.39. The molecule has 0 aliphatic carbocycles. The Bertz CT molecular complexity index is 955. The normalized spacial score (nSPS) is 10.9. The number of aromatic nitrogens is 2. The first-order chi connectivity index (χ1) is 12.5. The van der Waals surface area contributed by atoms with Crippen LogP contribution >= 0.6 is 34.8 Å². The maximum absolute atomic E-state index is 11.9. The van der Waals surface area contributed by atoms with Crippen molar-refractivity contribution >= 4 is 64.7 Å². The lowest BCUT2D eigenvalue weighted by molar-refractivity contribution is 0.261. The van der Waals surface area contributed by atoms with Gasteiger partial charge in [-0.3, -0.25) is 5.32 Å². The maximum Gasteiger partial charge on any atom is 0.327 e. The van der Waals surface area contributed by atoms with Gasteiger partial charge >= 0.3 is 12.0 Å². The summed E-state index contributed by atoms with van der Waals surface area (Å²) >= 11 is 17.6. The quantitative estimate of drug-likeness (QED) is 0.567. The van der Waals surface area contributed by atoms with Crippen molar-refractivity contribution in [3.05, 3.63) is 69.0 Å². The van der Waals surface area contributed by atoms with Crippen LogP contribution < -0.4 is 10.6 Å². The Kier molecular flexibility index (Phi) is 5.78. The summed E-state index contributed by atoms with van der Waals surface area (Å²) in [6.07, 6.45) is 3.32. The Labute approximate surface area is 163 Å². The van der Waals surface area contributed by atoms with E-state index in [0.29, 0.717) is 20.8 Å². The molecule has 0 saturated carbocycles. The molecular formula is C17H11Cl3N4O2. The molecule has 1 aromatic heterocycles. The van der Waals surface area contributed by atoms with Crippen molar-refractivity contribution in [1.29, 1.82) is 0 Å². The van der Waals surface area contributed by atoms with E-state index in [4.69, 9.17) is 39.2 Å². The number of nitrogens with one attached hydrogen (secondary N) is 2. The Morgan fingerprint density at radius 1 is 0.923 bits per heavy atom. The van der Waals surface area contributed by atoms with E-state index in [1.54, 1.807) is 54.6 Å². The lowest BCUT2D eigenvalue weighted by Crippen LogP contribution is -2.19. The van der Waals surface area contributed by atoms with Crippen molar-refractivity contribution in [1.82, 2.24) is 10.2 Å². The number of hydrogen-bond donors (Lipinski definition) is 2. The minimum atomic E-state index is -0.518. The zero-order valence-electron chi connectivity index (χ0n) is 13.0. The van der Waals surface area contributed by atoms with Crippen molar-refractivity contribution in [3.63, 3.8) is 0 Å². The fourth-order valence-electron chi connectivity index (χ4n) is 1.93. The second-order valence-electron chi connectivity index (χ2n) is 5.04. The molecule has 0 atom stereocenters. The first kappa shape index (κ1) is 18.3. The van der Waals surface area contributed by atoms with E-state index in [0.717, 1.165) is 5.56 Å². The fraction of sp³-hybridized carbons (Fsp3) is 0. The highest BCUT2D eigenvalue weighted by Crippen LogP contribution is 2.23. The molecule has 0 saturated heterocycles. The van der Waals surface area contributed by atoms with Crippen LogP contribution in [0.15, 0.2) is 46.9 Å². The average molecular weight is 410 g/mol. The van der Waals surface area contributed by atoms with E-state index in [9.17, 15) is 4.79 Å². The van der Waals surface area contributed by atoms with E-state index >= 15 is 0 Å². The molecule has 1 heterocycles. The Hall–Kier alpha value is -2.54. The minimum absolute atomic E-state index is 0.0368. The molecule has 3 aromatic rings. The van der Waals surface area contributed by atoms with Crippen LogP contribution in [0.25, 0.3) is 12.2 Å². The predicted molar refractivity (Wildman–Crippen MR) is 104 cm³/mol. The van der Waals surface area contributed by atoms with Gasteiger partial charge in [0.2, 0.25) is 5.89 Å². The number of carbonyl (C=O) groups excluding carboxylic acids is 1. The summed E-state index contributed by atoms with van der Waals surface area (Å²) in [7, 11) is 0. The molecule has 6 nitrogen and oxygen atoms in total. The Morgan fingerprint density at radius 3 is 2.42 bits per heavy atom. The van der Waals surface area contributed by atoms with Crippen LogP contribution in [0.4, 0.5) is 16.5 Å². The third-order valence-electron chi connectivity index (χ3n) is 3.13. The van der Waals surface area contributed by atoms with Crippen molar-refractivity contribution in [2.24, 2.45) is 0 Å². The monoisotopic (exact) mass is 408 g/mol. The van der Waals surface area contributed by atoms with Gasteiger partial charge in [-0.25, -0.2) is 4.79 Å². The van der Waals surface area contributed by atoms with Crippen LogP contribution in [0.1, 0.15) is 11.5 Å². The molecule has 0 bridgehead atoms. The topological polar surface area (TPSA) is 80.0 Å². The number of amides is 2. The van der Waals surface area contributed by atoms with Crippen LogP contribution in [0, 0.1) is 0 Å². The standard InChI is InChI=1S/C17H11Cl3N4O2/c18-11-3-5-12(6-4-11)21-16(25)22-17-24-23-15(26-17)8-2-10-1-7-13(19)14(20)9-10/h1-9H,(H2,21,22,24,25)/b8-2-. The Balaban J connectivity index is 1.60. The summed E-state index contributed by atoms with van der Waals surface area (Å²) in [6, 6.07) is 11.3. The number of nitrogens with zero attached hydrogens (tertiary/aromatic N) is 2. The van der Waals surface area contributed by atoms with Gasteiger partial charge in [0.1, 0.15) is 0 Å². The van der Waals surface area contributed by atoms with Crippen molar-refractivity contribution < 1.29 is 9.21 Å². The summed E-state index contributed by atoms with van der Waals surface area (Å²) in [5.74, 6) is 0.220. The number of urea groups is 1. The van der Waals surface area contributed by atoms with Crippen LogP contribution in [0.2, 0.25) is 15.1 Å². The van der Waals surface area contributed by atoms with Gasteiger partial charge < -0.3 is 9.73 Å². The van der Waals surface area contributed by atoms with Gasteiger partial charge in [0, 0.05) is 16.8 Å². The van der Waals surface area contributed by atoms with Gasteiger partial charge in [-0.1, -0.05) is 46.0 Å². The number of benzene rings is 2. The van der Waals surface area contributed by atoms with Crippen LogP contribution in [-0.4, -0.2) is 16.2 Å². The van der Waals surface area contributed by atoms with Gasteiger partial charge in [0.25, 0.3) is 0 Å². The number of anilines is 2. The maximum atomic E-state index is 11.9. The van der Waals surface area contributed by atoms with Crippen LogP contribution in [-0.2, 0) is 0 Å². The number of hydrogen-bond acceptors (Lipinski definition) is 4. The summed E-state index contributed by atoms with van der Waals surface area (Å²) in [4.78, 5) is 11.9. The molecule has 0 aliphatic rings. The Morgan fingerprint density at radius 2 is 1.69 bits per heavy atom. The van der Waals surface area contributed by atoms with E-state index in [-0.39, 0.29) is 11.9 Å². The number of halogens is 3. The van der Waals surface area contributed by atoms with Crippen molar-refractivity contribution in [2.45, 2.75) is 0 Å². The molecule has 2 N–H and O–H groups in total. The summed E-state index contributed by atoms with van der Waals surface area (Å²) < 4.78 is 5.33. The molecule has 132 valence electrons. The first-order valence-corrected chi connectivity index (χ1v) is 8.43. The largest absolute Gasteiger partial charge is 0.404 e. The molecule has 0 unspecified atom stereocenters. The van der Waals surface area contributed by atoms with E-state index in [2.05, 4.69) is 20.8 Å². The molecular weight excluding hydrogens is 399 g/mol. The first-order valence-electron chi connectivity index (χ1n) is 7.30. The molecule has 3 rings (SSSR count). The molecule has 0 radical (unpaired) electrons. The zero-order chi connectivity index (χ0) is 18.5. The lowest BCUT2D eigenvalue weighted by Gasteiger charge is -2.04. The second kappa shape index (κ2) is 8.23. The van der Waals surface area contributed by atoms with Gasteiger partial charge in [0.15, 0.2) is 0 Å². The molecule has 0 fully saturated rings. The van der Waals surface area contributed by atoms with E-state index in [1.165, 1.54) is 0 Å². The fourth-order valence-corrected chi connectivity index (χ4v) is 2.36. The smallest absolute Gasteiger partial charge is 0.327 e. The molecule has 2 amide bonds. The van der Waals surface area contributed by atoms with E-state index in [1.807, 2.05) is 0 Å². The predicted octanol–water partition coefficient (Wildman–Crippen LogP) is 5.84. The van der Waals surface area contributed by atoms with Gasteiger partial charge in [-0.05, 0) is 48.0 Å². The highest BCUT2D eigenvalue weighted by atomic mass is 35.5. The number of rotatable bonds is 4. The number of carbonyl (C=O) groups is 1. The van der Waals surface area contributed by atoms with Crippen LogP contribution in [0.5, 0.6) is 0 Å². The zero-order valence-corrected chi connectivity index (χ0v) is 15.3. The molecule has 0 aliphatic heterocycles. The van der Waals surface area contributed by atoms with Crippen molar-refractivity contribution in [2.75, 3.05) is 10.6 Å². The SMILES string of the molecule is O=C(Nc1ccc(Cl)cc1)Nc1nnc(/C=C\c2ccc(Cl)c(Cl)c2)o1. The molecule has 9 heteroatoms. The molecule has 26 heavy (non-hydrogen) atoms. The van der Waals surface area contributed by atoms with Gasteiger partial charge in [0.05, 0.1) is 10.0 Å². The highest BCUT2D eigenvalue weighted by Gasteiger charge is 2.08. The van der Waals surface area contributed by atoms with Crippen molar-refractivity contribution in [3.8, 4) is 0 Å². The molecule has 2 aromatic carbocycles. The average Bonchev–Trinajstić information content (AvgIpc) is 3.05. The summed E-state index contributed by atoms with van der Waals surface area (Å²) in [6.45, 7) is 0. The summed E-state index contributed by atoms with van der Waals surface area (Å²) in [5, 5.41) is 14.1. The van der Waals surface area contributed by atoms with E-state index < -0.39 is 6.03 Å². The van der Waals surface area contributed by atoms with Crippen LogP contribution in [0.3, 0.4) is 0 Å². The second-order valence-corrected chi connectivity index (χ2v) is 6.29. The highest BCUT2D eigenvalue weighted by molar-refractivity contribution is 6.42. The lowest BCUT2D eigenvalue weighted by atomic mass is 10.2.